The molecule has 0 N–H and O–H groups in total. The number of alkyl halides is 2. The number of hydrogen-bond acceptors (Lipinski definition) is 1. The van der Waals surface area contributed by atoms with Crippen LogP contribution < -0.4 is 4.74 Å². The number of hydrogen-bond donors (Lipinski definition) is 0. The summed E-state index contributed by atoms with van der Waals surface area (Å²) >= 11 is 12.1. The average Bonchev–Trinajstić information content (AvgIpc) is 2.38. The lowest BCUT2D eigenvalue weighted by Gasteiger charge is -2.21. The lowest BCUT2D eigenvalue weighted by Crippen LogP contribution is -2.27. The second kappa shape index (κ2) is 3.32. The third kappa shape index (κ3) is 1.39. The molecule has 0 amide bonds. The molecular weight excluding hydrogens is 219 g/mol. The van der Waals surface area contributed by atoms with E-state index in [1.807, 2.05) is 32.0 Å². The van der Waals surface area contributed by atoms with Crippen LogP contribution in [0.4, 0.5) is 0 Å². The zero-order chi connectivity index (χ0) is 10.3. The summed E-state index contributed by atoms with van der Waals surface area (Å²) in [5.41, 5.74) is 1.72. The van der Waals surface area contributed by atoms with Crippen LogP contribution in [0.25, 0.3) is 0 Å². The first-order chi connectivity index (χ1) is 6.56. The molecular formula is C11H12Cl2O. The summed E-state index contributed by atoms with van der Waals surface area (Å²) in [5, 5.41) is -0.0966. The highest BCUT2D eigenvalue weighted by atomic mass is 35.5. The third-order valence-electron chi connectivity index (χ3n) is 2.52. The van der Waals surface area contributed by atoms with Crippen molar-refractivity contribution in [1.29, 1.82) is 0 Å². The van der Waals surface area contributed by atoms with E-state index in [1.165, 1.54) is 0 Å². The van der Waals surface area contributed by atoms with E-state index in [9.17, 15) is 0 Å². The van der Waals surface area contributed by atoms with Gasteiger partial charge in [0.1, 0.15) is 16.7 Å². The van der Waals surface area contributed by atoms with Crippen LogP contribution in [-0.2, 0) is 5.88 Å². The second-order valence-corrected chi connectivity index (χ2v) is 4.74. The Bertz CT molecular complexity index is 360. The van der Waals surface area contributed by atoms with Crippen molar-refractivity contribution in [3.63, 3.8) is 0 Å². The smallest absolute Gasteiger partial charge is 0.129 e. The van der Waals surface area contributed by atoms with Crippen molar-refractivity contribution < 1.29 is 4.74 Å². The highest BCUT2D eigenvalue weighted by molar-refractivity contribution is 6.22. The van der Waals surface area contributed by atoms with Crippen molar-refractivity contribution in [2.24, 2.45) is 0 Å². The van der Waals surface area contributed by atoms with E-state index in [2.05, 4.69) is 0 Å². The van der Waals surface area contributed by atoms with Crippen molar-refractivity contribution >= 4 is 23.2 Å². The van der Waals surface area contributed by atoms with Gasteiger partial charge in [0.15, 0.2) is 0 Å². The molecule has 0 radical (unpaired) electrons. The molecule has 1 nitrogen and oxygen atoms in total. The van der Waals surface area contributed by atoms with Gasteiger partial charge in [-0.15, -0.1) is 23.2 Å². The van der Waals surface area contributed by atoms with Gasteiger partial charge in [-0.05, 0) is 13.8 Å². The molecule has 2 rings (SSSR count). The summed E-state index contributed by atoms with van der Waals surface area (Å²) < 4.78 is 5.81. The first-order valence-electron chi connectivity index (χ1n) is 4.57. The number of ether oxygens (including phenoxy) is 1. The maximum Gasteiger partial charge on any atom is 0.129 e. The van der Waals surface area contributed by atoms with Crippen molar-refractivity contribution in [2.75, 3.05) is 0 Å². The molecule has 1 aromatic rings. The van der Waals surface area contributed by atoms with E-state index < -0.39 is 0 Å². The van der Waals surface area contributed by atoms with Gasteiger partial charge in [-0.1, -0.05) is 18.2 Å². The molecule has 1 atom stereocenters. The molecule has 1 aromatic carbocycles. The Hall–Kier alpha value is -0.400. The fourth-order valence-electron chi connectivity index (χ4n) is 1.72. The summed E-state index contributed by atoms with van der Waals surface area (Å²) in [7, 11) is 0. The van der Waals surface area contributed by atoms with Gasteiger partial charge in [0.2, 0.25) is 0 Å². The topological polar surface area (TPSA) is 9.23 Å². The first-order valence-corrected chi connectivity index (χ1v) is 5.54. The molecule has 1 aliphatic rings. The number of fused-ring (bicyclic) bond motifs is 1. The number of halogens is 2. The number of rotatable bonds is 1. The van der Waals surface area contributed by atoms with Gasteiger partial charge in [0.25, 0.3) is 0 Å². The normalized spacial score (nSPS) is 23.0. The predicted molar refractivity (Wildman–Crippen MR) is 59.3 cm³/mol. The molecule has 0 aliphatic carbocycles. The fourth-order valence-corrected chi connectivity index (χ4v) is 2.15. The highest BCUT2D eigenvalue weighted by Crippen LogP contribution is 2.48. The molecule has 0 saturated carbocycles. The third-order valence-corrected chi connectivity index (χ3v) is 3.57. The molecule has 3 heteroatoms. The summed E-state index contributed by atoms with van der Waals surface area (Å²) in [6.45, 7) is 3.98. The van der Waals surface area contributed by atoms with Gasteiger partial charge >= 0.3 is 0 Å². The summed E-state index contributed by atoms with van der Waals surface area (Å²) in [4.78, 5) is 0. The van der Waals surface area contributed by atoms with E-state index in [0.717, 1.165) is 16.9 Å². The number of para-hydroxylation sites is 1. The maximum atomic E-state index is 6.30. The monoisotopic (exact) mass is 230 g/mol. The molecule has 1 unspecified atom stereocenters. The van der Waals surface area contributed by atoms with Gasteiger partial charge in [0, 0.05) is 11.1 Å². The van der Waals surface area contributed by atoms with E-state index in [0.29, 0.717) is 5.88 Å². The second-order valence-electron chi connectivity index (χ2n) is 4.04. The summed E-state index contributed by atoms with van der Waals surface area (Å²) in [6, 6.07) is 5.94. The van der Waals surface area contributed by atoms with Gasteiger partial charge in [-0.3, -0.25) is 0 Å². The van der Waals surface area contributed by atoms with Crippen molar-refractivity contribution in [3.8, 4) is 5.75 Å². The predicted octanol–water partition coefficient (Wildman–Crippen LogP) is 3.88. The van der Waals surface area contributed by atoms with Gasteiger partial charge in [-0.2, -0.15) is 0 Å². The molecule has 0 aromatic heterocycles. The highest BCUT2D eigenvalue weighted by Gasteiger charge is 2.40. The van der Waals surface area contributed by atoms with Crippen molar-refractivity contribution in [1.82, 2.24) is 0 Å². The Morgan fingerprint density at radius 1 is 1.43 bits per heavy atom. The van der Waals surface area contributed by atoms with Crippen LogP contribution in [0, 0.1) is 0 Å². The molecule has 1 aliphatic heterocycles. The Morgan fingerprint density at radius 2 is 2.14 bits per heavy atom. The van der Waals surface area contributed by atoms with E-state index in [4.69, 9.17) is 27.9 Å². The number of benzene rings is 1. The molecule has 1 heterocycles. The minimum absolute atomic E-state index is 0.0966. The van der Waals surface area contributed by atoms with Crippen LogP contribution in [-0.4, -0.2) is 5.60 Å². The maximum absolute atomic E-state index is 6.30. The quantitative estimate of drug-likeness (QED) is 0.666. The Balaban J connectivity index is 2.53. The molecule has 0 fully saturated rings. The van der Waals surface area contributed by atoms with E-state index in [1.54, 1.807) is 0 Å². The SMILES string of the molecule is CC1(C)Oc2c(CCl)cccc2C1Cl. The largest absolute Gasteiger partial charge is 0.485 e. The molecule has 14 heavy (non-hydrogen) atoms. The molecule has 76 valence electrons. The first kappa shape index (κ1) is 10.1. The summed E-state index contributed by atoms with van der Waals surface area (Å²) in [5.74, 6) is 1.33. The zero-order valence-corrected chi connectivity index (χ0v) is 9.69. The minimum atomic E-state index is -0.341. The fraction of sp³-hybridized carbons (Fsp3) is 0.455. The lowest BCUT2D eigenvalue weighted by atomic mass is 10.00. The Morgan fingerprint density at radius 3 is 2.79 bits per heavy atom. The van der Waals surface area contributed by atoms with Crippen LogP contribution in [0.15, 0.2) is 18.2 Å². The summed E-state index contributed by atoms with van der Waals surface area (Å²) in [6.07, 6.45) is 0. The van der Waals surface area contributed by atoms with Crippen LogP contribution in [0.3, 0.4) is 0 Å². The van der Waals surface area contributed by atoms with Gasteiger partial charge in [-0.25, -0.2) is 0 Å². The van der Waals surface area contributed by atoms with Crippen molar-refractivity contribution in [2.45, 2.75) is 30.7 Å². The average molecular weight is 231 g/mol. The van der Waals surface area contributed by atoms with E-state index in [-0.39, 0.29) is 11.0 Å². The Labute approximate surface area is 94.0 Å². The Kier molecular flexibility index (Phi) is 2.40. The minimum Gasteiger partial charge on any atom is -0.485 e. The van der Waals surface area contributed by atoms with Crippen LogP contribution in [0.5, 0.6) is 5.75 Å². The van der Waals surface area contributed by atoms with Gasteiger partial charge < -0.3 is 4.74 Å². The van der Waals surface area contributed by atoms with Gasteiger partial charge in [0.05, 0.1) is 5.88 Å². The lowest BCUT2D eigenvalue weighted by molar-refractivity contribution is 0.132. The van der Waals surface area contributed by atoms with Crippen molar-refractivity contribution in [3.05, 3.63) is 29.3 Å². The van der Waals surface area contributed by atoms with Crippen LogP contribution in [0.1, 0.15) is 30.4 Å². The van der Waals surface area contributed by atoms with Crippen LogP contribution in [0.2, 0.25) is 0 Å². The standard InChI is InChI=1S/C11H12Cl2O/c1-11(2)10(13)8-5-3-4-7(6-12)9(8)14-11/h3-5,10H,6H2,1-2H3. The molecule has 0 saturated heterocycles. The molecule has 0 spiro atoms. The van der Waals surface area contributed by atoms with Crippen LogP contribution >= 0.6 is 23.2 Å². The zero-order valence-electron chi connectivity index (χ0n) is 8.18. The molecule has 0 bridgehead atoms. The van der Waals surface area contributed by atoms with E-state index >= 15 is 0 Å².